The molecule has 1 aromatic rings. The quantitative estimate of drug-likeness (QED) is 0.752. The predicted molar refractivity (Wildman–Crippen MR) is 107 cm³/mol. The Labute approximate surface area is 163 Å². The highest BCUT2D eigenvalue weighted by Crippen LogP contribution is 2.20. The molecule has 1 saturated heterocycles. The van der Waals surface area contributed by atoms with Crippen LogP contribution < -0.4 is 5.73 Å². The number of hydrogen-bond acceptors (Lipinski definition) is 3. The summed E-state index contributed by atoms with van der Waals surface area (Å²) in [6, 6.07) is 10.2. The Bertz CT molecular complexity index is 545. The fourth-order valence-electron chi connectivity index (χ4n) is 3.40. The monoisotopic (exact) mass is 381 g/mol. The number of nitrogens with zero attached hydrogens (tertiary/aromatic N) is 2. The van der Waals surface area contributed by atoms with E-state index < -0.39 is 0 Å². The Kier molecular flexibility index (Phi) is 10.3. The van der Waals surface area contributed by atoms with E-state index in [1.54, 1.807) is 0 Å². The number of piperidine rings is 1. The lowest BCUT2D eigenvalue weighted by atomic mass is 9.94. The number of amides is 2. The van der Waals surface area contributed by atoms with Crippen molar-refractivity contribution >= 4 is 24.2 Å². The van der Waals surface area contributed by atoms with Gasteiger partial charge >= 0.3 is 0 Å². The van der Waals surface area contributed by atoms with E-state index in [1.807, 2.05) is 34.9 Å². The molecule has 0 unspecified atom stereocenters. The van der Waals surface area contributed by atoms with Crippen molar-refractivity contribution < 1.29 is 9.59 Å². The van der Waals surface area contributed by atoms with Crippen molar-refractivity contribution in [3.8, 4) is 0 Å². The summed E-state index contributed by atoms with van der Waals surface area (Å²) in [7, 11) is 0. The summed E-state index contributed by atoms with van der Waals surface area (Å²) >= 11 is 0. The van der Waals surface area contributed by atoms with Gasteiger partial charge in [0.2, 0.25) is 11.8 Å². The van der Waals surface area contributed by atoms with Gasteiger partial charge in [-0.25, -0.2) is 0 Å². The zero-order valence-corrected chi connectivity index (χ0v) is 16.5. The Morgan fingerprint density at radius 2 is 1.81 bits per heavy atom. The van der Waals surface area contributed by atoms with Crippen LogP contribution in [0.4, 0.5) is 0 Å². The molecular formula is C20H32ClN3O2. The lowest BCUT2D eigenvalue weighted by molar-refractivity contribution is -0.140. The minimum atomic E-state index is 0. The van der Waals surface area contributed by atoms with Gasteiger partial charge in [0.1, 0.15) is 0 Å². The topological polar surface area (TPSA) is 66.6 Å². The fraction of sp³-hybridized carbons (Fsp3) is 0.600. The van der Waals surface area contributed by atoms with Crippen molar-refractivity contribution in [2.45, 2.75) is 39.0 Å². The number of carbonyl (C=O) groups excluding carboxylic acids is 2. The number of likely N-dealkylation sites (tertiary alicyclic amines) is 1. The van der Waals surface area contributed by atoms with E-state index in [-0.39, 0.29) is 30.1 Å². The summed E-state index contributed by atoms with van der Waals surface area (Å²) in [5, 5.41) is 0. The molecule has 1 heterocycles. The van der Waals surface area contributed by atoms with Gasteiger partial charge in [-0.1, -0.05) is 37.3 Å². The maximum atomic E-state index is 12.9. The molecule has 26 heavy (non-hydrogen) atoms. The van der Waals surface area contributed by atoms with Crippen LogP contribution in [0.1, 0.15) is 38.2 Å². The molecule has 2 rings (SSSR count). The first-order chi connectivity index (χ1) is 12.2. The van der Waals surface area contributed by atoms with Gasteiger partial charge in [0, 0.05) is 45.1 Å². The molecule has 1 aliphatic rings. The van der Waals surface area contributed by atoms with Crippen molar-refractivity contribution in [2.75, 3.05) is 32.7 Å². The highest BCUT2D eigenvalue weighted by atomic mass is 35.5. The van der Waals surface area contributed by atoms with Crippen LogP contribution in [0.25, 0.3) is 0 Å². The molecule has 2 N–H and O–H groups in total. The molecule has 0 aliphatic carbocycles. The van der Waals surface area contributed by atoms with E-state index in [2.05, 4.69) is 12.1 Å². The summed E-state index contributed by atoms with van der Waals surface area (Å²) in [5.74, 6) is 0.438. The number of carbonyl (C=O) groups is 2. The number of benzene rings is 1. The van der Waals surface area contributed by atoms with Crippen LogP contribution in [-0.2, 0) is 16.0 Å². The van der Waals surface area contributed by atoms with Crippen molar-refractivity contribution in [3.05, 3.63) is 35.9 Å². The molecule has 1 aromatic carbocycles. The van der Waals surface area contributed by atoms with Crippen molar-refractivity contribution in [2.24, 2.45) is 11.7 Å². The van der Waals surface area contributed by atoms with Crippen molar-refractivity contribution in [1.82, 2.24) is 9.80 Å². The first-order valence-electron chi connectivity index (χ1n) is 9.46. The maximum absolute atomic E-state index is 12.9. The molecule has 0 atom stereocenters. The van der Waals surface area contributed by atoms with Crippen LogP contribution in [-0.4, -0.2) is 54.3 Å². The van der Waals surface area contributed by atoms with E-state index in [9.17, 15) is 9.59 Å². The van der Waals surface area contributed by atoms with Gasteiger partial charge in [-0.3, -0.25) is 9.59 Å². The van der Waals surface area contributed by atoms with Crippen LogP contribution in [0.2, 0.25) is 0 Å². The molecule has 5 nitrogen and oxygen atoms in total. The number of hydrogen-bond donors (Lipinski definition) is 1. The van der Waals surface area contributed by atoms with Crippen LogP contribution in [0.15, 0.2) is 30.3 Å². The van der Waals surface area contributed by atoms with Crippen LogP contribution >= 0.6 is 12.4 Å². The van der Waals surface area contributed by atoms with Gasteiger partial charge in [0.15, 0.2) is 0 Å². The Hall–Kier alpha value is -1.59. The minimum Gasteiger partial charge on any atom is -0.343 e. The SMILES string of the molecule is CCCC(=O)N1CCC(C(=O)N(CCN)CCc2ccccc2)CC1.Cl. The maximum Gasteiger partial charge on any atom is 0.225 e. The molecule has 0 aromatic heterocycles. The lowest BCUT2D eigenvalue weighted by Gasteiger charge is -2.34. The van der Waals surface area contributed by atoms with Gasteiger partial charge in [-0.2, -0.15) is 0 Å². The average Bonchev–Trinajstić information content (AvgIpc) is 2.66. The van der Waals surface area contributed by atoms with Gasteiger partial charge in [0.25, 0.3) is 0 Å². The second-order valence-corrected chi connectivity index (χ2v) is 6.75. The van der Waals surface area contributed by atoms with Crippen LogP contribution in [0, 0.1) is 5.92 Å². The Morgan fingerprint density at radius 3 is 2.38 bits per heavy atom. The Balaban J connectivity index is 0.00000338. The first kappa shape index (κ1) is 22.5. The van der Waals surface area contributed by atoms with Gasteiger partial charge < -0.3 is 15.5 Å². The Morgan fingerprint density at radius 1 is 1.15 bits per heavy atom. The van der Waals surface area contributed by atoms with E-state index in [0.29, 0.717) is 39.1 Å². The number of nitrogens with two attached hydrogens (primary N) is 1. The van der Waals surface area contributed by atoms with Crippen LogP contribution in [0.3, 0.4) is 0 Å². The van der Waals surface area contributed by atoms with Gasteiger partial charge in [0.05, 0.1) is 0 Å². The largest absolute Gasteiger partial charge is 0.343 e. The minimum absolute atomic E-state index is 0. The zero-order valence-electron chi connectivity index (χ0n) is 15.7. The third kappa shape index (κ3) is 6.61. The number of halogens is 1. The van der Waals surface area contributed by atoms with E-state index in [1.165, 1.54) is 5.56 Å². The number of rotatable bonds is 8. The van der Waals surface area contributed by atoms with E-state index in [0.717, 1.165) is 25.7 Å². The lowest BCUT2D eigenvalue weighted by Crippen LogP contribution is -2.46. The highest BCUT2D eigenvalue weighted by Gasteiger charge is 2.29. The molecule has 0 spiro atoms. The van der Waals surface area contributed by atoms with Crippen molar-refractivity contribution in [1.29, 1.82) is 0 Å². The standard InChI is InChI=1S/C20H31N3O2.ClH/c1-2-6-19(24)22-14-10-18(11-15-22)20(25)23(16-12-21)13-9-17-7-4-3-5-8-17;/h3-5,7-8,18H,2,6,9-16,21H2,1H3;1H. The molecule has 6 heteroatoms. The van der Waals surface area contributed by atoms with E-state index >= 15 is 0 Å². The summed E-state index contributed by atoms with van der Waals surface area (Å²) in [6.45, 7) is 5.20. The molecule has 1 aliphatic heterocycles. The third-order valence-corrected chi connectivity index (χ3v) is 4.88. The molecule has 2 amide bonds. The molecule has 1 fully saturated rings. The fourth-order valence-corrected chi connectivity index (χ4v) is 3.40. The summed E-state index contributed by atoms with van der Waals surface area (Å²) < 4.78 is 0. The second kappa shape index (κ2) is 11.9. The molecular weight excluding hydrogens is 350 g/mol. The van der Waals surface area contributed by atoms with Gasteiger partial charge in [-0.15, -0.1) is 12.4 Å². The molecule has 0 saturated carbocycles. The summed E-state index contributed by atoms with van der Waals surface area (Å²) in [6.07, 6.45) is 3.86. The van der Waals surface area contributed by atoms with Gasteiger partial charge in [-0.05, 0) is 31.2 Å². The van der Waals surface area contributed by atoms with Crippen molar-refractivity contribution in [3.63, 3.8) is 0 Å². The second-order valence-electron chi connectivity index (χ2n) is 6.75. The summed E-state index contributed by atoms with van der Waals surface area (Å²) in [4.78, 5) is 28.7. The molecule has 146 valence electrons. The third-order valence-electron chi connectivity index (χ3n) is 4.88. The van der Waals surface area contributed by atoms with Crippen LogP contribution in [0.5, 0.6) is 0 Å². The first-order valence-corrected chi connectivity index (χ1v) is 9.46. The molecule has 0 bridgehead atoms. The zero-order chi connectivity index (χ0) is 18.1. The molecule has 0 radical (unpaired) electrons. The average molecular weight is 382 g/mol. The summed E-state index contributed by atoms with van der Waals surface area (Å²) in [5.41, 5.74) is 6.95. The predicted octanol–water partition coefficient (Wildman–Crippen LogP) is 2.48. The highest BCUT2D eigenvalue weighted by molar-refractivity contribution is 5.85. The normalized spacial score (nSPS) is 14.6. The van der Waals surface area contributed by atoms with E-state index in [4.69, 9.17) is 5.73 Å². The smallest absolute Gasteiger partial charge is 0.225 e.